The number of rotatable bonds is 1. The second kappa shape index (κ2) is 4.09. The van der Waals surface area contributed by atoms with E-state index in [1.165, 1.54) is 0 Å². The van der Waals surface area contributed by atoms with E-state index in [9.17, 15) is 0 Å². The van der Waals surface area contributed by atoms with Gasteiger partial charge < -0.3 is 5.73 Å². The molecule has 2 rings (SSSR count). The zero-order chi connectivity index (χ0) is 10.8. The van der Waals surface area contributed by atoms with Gasteiger partial charge in [-0.05, 0) is 18.2 Å². The fourth-order valence-electron chi connectivity index (χ4n) is 1.29. The van der Waals surface area contributed by atoms with E-state index in [1.54, 1.807) is 18.3 Å². The lowest BCUT2D eigenvalue weighted by atomic mass is 10.1. The third kappa shape index (κ3) is 2.06. The molecule has 4 heteroatoms. The highest BCUT2D eigenvalue weighted by atomic mass is 35.5. The van der Waals surface area contributed by atoms with Crippen molar-refractivity contribution < 1.29 is 0 Å². The van der Waals surface area contributed by atoms with Gasteiger partial charge in [0.05, 0.1) is 10.0 Å². The average Bonchev–Trinajstić information content (AvgIpc) is 2.24. The fourth-order valence-corrected chi connectivity index (χ4v) is 1.70. The molecule has 0 spiro atoms. The number of pyridine rings is 1. The molecule has 0 bridgehead atoms. The summed E-state index contributed by atoms with van der Waals surface area (Å²) in [5.74, 6) is 0.483. The molecule has 1 aromatic heterocycles. The molecule has 1 heterocycles. The highest BCUT2D eigenvalue weighted by molar-refractivity contribution is 6.43. The van der Waals surface area contributed by atoms with Crippen LogP contribution in [0.15, 0.2) is 36.5 Å². The Balaban J connectivity index is 2.54. The van der Waals surface area contributed by atoms with Gasteiger partial charge in [0.2, 0.25) is 0 Å². The molecule has 2 N–H and O–H groups in total. The van der Waals surface area contributed by atoms with Gasteiger partial charge in [0.15, 0.2) is 0 Å². The molecule has 0 aliphatic carbocycles. The van der Waals surface area contributed by atoms with Crippen LogP contribution in [0, 0.1) is 0 Å². The van der Waals surface area contributed by atoms with Crippen LogP contribution in [0.1, 0.15) is 0 Å². The van der Waals surface area contributed by atoms with Crippen LogP contribution in [0.5, 0.6) is 0 Å². The lowest BCUT2D eigenvalue weighted by Gasteiger charge is -2.05. The maximum Gasteiger partial charge on any atom is 0.123 e. The predicted octanol–water partition coefficient (Wildman–Crippen LogP) is 3.64. The summed E-state index contributed by atoms with van der Waals surface area (Å²) < 4.78 is 0. The number of aromatic nitrogens is 1. The van der Waals surface area contributed by atoms with Crippen molar-refractivity contribution in [1.29, 1.82) is 0 Å². The summed E-state index contributed by atoms with van der Waals surface area (Å²) in [6.45, 7) is 0. The number of halogens is 2. The molecule has 76 valence electrons. The van der Waals surface area contributed by atoms with Gasteiger partial charge in [-0.1, -0.05) is 35.3 Å². The minimum Gasteiger partial charge on any atom is -0.384 e. The van der Waals surface area contributed by atoms with E-state index in [4.69, 9.17) is 28.9 Å². The summed E-state index contributed by atoms with van der Waals surface area (Å²) >= 11 is 12.0. The normalized spacial score (nSPS) is 10.3. The molecule has 0 unspecified atom stereocenters. The van der Waals surface area contributed by atoms with Crippen molar-refractivity contribution in [2.75, 3.05) is 5.73 Å². The van der Waals surface area contributed by atoms with Gasteiger partial charge in [-0.2, -0.15) is 0 Å². The Morgan fingerprint density at radius 3 is 2.53 bits per heavy atom. The molecule has 0 amide bonds. The summed E-state index contributed by atoms with van der Waals surface area (Å²) in [5, 5.41) is 1.07. The minimum absolute atomic E-state index is 0.483. The van der Waals surface area contributed by atoms with E-state index >= 15 is 0 Å². The predicted molar refractivity (Wildman–Crippen MR) is 64.1 cm³/mol. The molecule has 0 fully saturated rings. The summed E-state index contributed by atoms with van der Waals surface area (Å²) in [7, 11) is 0. The smallest absolute Gasteiger partial charge is 0.123 e. The lowest BCUT2D eigenvalue weighted by Crippen LogP contribution is -1.89. The van der Waals surface area contributed by atoms with E-state index in [2.05, 4.69) is 4.98 Å². The van der Waals surface area contributed by atoms with Crippen LogP contribution >= 0.6 is 23.2 Å². The first kappa shape index (κ1) is 10.3. The summed E-state index contributed by atoms with van der Waals surface area (Å²) in [6, 6.07) is 9.08. The molecule has 0 aliphatic rings. The number of nitrogens with zero attached hydrogens (tertiary/aromatic N) is 1. The highest BCUT2D eigenvalue weighted by Crippen LogP contribution is 2.32. The molecule has 2 aromatic rings. The number of benzene rings is 1. The number of hydrogen-bond donors (Lipinski definition) is 1. The lowest BCUT2D eigenvalue weighted by molar-refractivity contribution is 1.34. The van der Waals surface area contributed by atoms with Gasteiger partial charge in [-0.25, -0.2) is 4.98 Å². The Morgan fingerprint density at radius 1 is 1.07 bits per heavy atom. The number of nitrogens with two attached hydrogens (primary N) is 1. The standard InChI is InChI=1S/C11H8Cl2N2/c12-9-3-1-2-8(11(9)13)7-4-5-10(14)15-6-7/h1-6H,(H2,14,15). The molecular weight excluding hydrogens is 231 g/mol. The first-order valence-corrected chi connectivity index (χ1v) is 5.10. The van der Waals surface area contributed by atoms with E-state index < -0.39 is 0 Å². The summed E-state index contributed by atoms with van der Waals surface area (Å²) in [4.78, 5) is 4.00. The highest BCUT2D eigenvalue weighted by Gasteiger charge is 2.06. The zero-order valence-corrected chi connectivity index (χ0v) is 9.26. The third-order valence-electron chi connectivity index (χ3n) is 2.05. The maximum absolute atomic E-state index is 6.08. The zero-order valence-electron chi connectivity index (χ0n) is 7.74. The van der Waals surface area contributed by atoms with Crippen LogP contribution in [0.4, 0.5) is 5.82 Å². The molecule has 2 nitrogen and oxygen atoms in total. The van der Waals surface area contributed by atoms with E-state index in [0.717, 1.165) is 11.1 Å². The molecule has 15 heavy (non-hydrogen) atoms. The van der Waals surface area contributed by atoms with Crippen molar-refractivity contribution in [2.45, 2.75) is 0 Å². The molecule has 1 aromatic carbocycles. The third-order valence-corrected chi connectivity index (χ3v) is 2.87. The number of hydrogen-bond acceptors (Lipinski definition) is 2. The van der Waals surface area contributed by atoms with Gasteiger partial charge >= 0.3 is 0 Å². The Bertz CT molecular complexity index is 480. The molecule has 0 aliphatic heterocycles. The van der Waals surface area contributed by atoms with Gasteiger partial charge in [-0.3, -0.25) is 0 Å². The quantitative estimate of drug-likeness (QED) is 0.825. The van der Waals surface area contributed by atoms with Crippen molar-refractivity contribution in [1.82, 2.24) is 4.98 Å². The first-order valence-electron chi connectivity index (χ1n) is 4.34. The van der Waals surface area contributed by atoms with Crippen LogP contribution in [0.25, 0.3) is 11.1 Å². The molecule has 0 radical (unpaired) electrons. The average molecular weight is 239 g/mol. The number of nitrogen functional groups attached to an aromatic ring is 1. The maximum atomic E-state index is 6.08. The van der Waals surface area contributed by atoms with Crippen LogP contribution in [0.2, 0.25) is 10.0 Å². The van der Waals surface area contributed by atoms with Gasteiger partial charge in [0.25, 0.3) is 0 Å². The monoisotopic (exact) mass is 238 g/mol. The largest absolute Gasteiger partial charge is 0.384 e. The van der Waals surface area contributed by atoms with E-state index in [0.29, 0.717) is 15.9 Å². The molecule has 0 atom stereocenters. The van der Waals surface area contributed by atoms with Crippen LogP contribution in [0.3, 0.4) is 0 Å². The molecular formula is C11H8Cl2N2. The van der Waals surface area contributed by atoms with E-state index in [1.807, 2.05) is 18.2 Å². The minimum atomic E-state index is 0.483. The van der Waals surface area contributed by atoms with Gasteiger partial charge in [0, 0.05) is 17.3 Å². The second-order valence-electron chi connectivity index (χ2n) is 3.07. The topological polar surface area (TPSA) is 38.9 Å². The second-order valence-corrected chi connectivity index (χ2v) is 3.86. The Morgan fingerprint density at radius 2 is 1.87 bits per heavy atom. The Hall–Kier alpha value is -1.25. The Labute approximate surface area is 97.7 Å². The van der Waals surface area contributed by atoms with Crippen molar-refractivity contribution >= 4 is 29.0 Å². The van der Waals surface area contributed by atoms with Crippen LogP contribution in [-0.4, -0.2) is 4.98 Å². The molecule has 0 saturated carbocycles. The summed E-state index contributed by atoms with van der Waals surface area (Å²) in [6.07, 6.45) is 1.67. The van der Waals surface area contributed by atoms with Crippen LogP contribution < -0.4 is 5.73 Å². The molecule has 0 saturated heterocycles. The van der Waals surface area contributed by atoms with Crippen molar-refractivity contribution in [2.24, 2.45) is 0 Å². The number of anilines is 1. The fraction of sp³-hybridized carbons (Fsp3) is 0. The summed E-state index contributed by atoms with van der Waals surface area (Å²) in [5.41, 5.74) is 7.26. The van der Waals surface area contributed by atoms with E-state index in [-0.39, 0.29) is 0 Å². The van der Waals surface area contributed by atoms with Crippen molar-refractivity contribution in [3.8, 4) is 11.1 Å². The van der Waals surface area contributed by atoms with Crippen LogP contribution in [-0.2, 0) is 0 Å². The van der Waals surface area contributed by atoms with Gasteiger partial charge in [-0.15, -0.1) is 0 Å². The SMILES string of the molecule is Nc1ccc(-c2cccc(Cl)c2Cl)cn1. The van der Waals surface area contributed by atoms with Gasteiger partial charge in [0.1, 0.15) is 5.82 Å². The first-order chi connectivity index (χ1) is 7.18. The Kier molecular flexibility index (Phi) is 2.80. The van der Waals surface area contributed by atoms with Crippen molar-refractivity contribution in [3.05, 3.63) is 46.6 Å². The van der Waals surface area contributed by atoms with Crippen molar-refractivity contribution in [3.63, 3.8) is 0 Å².